The second-order valence-electron chi connectivity index (χ2n) is 5.14. The van der Waals surface area contributed by atoms with Gasteiger partial charge in [0.15, 0.2) is 5.82 Å². The molecule has 0 bridgehead atoms. The molecular formula is C17H11F4N3O2. The first-order chi connectivity index (χ1) is 12.4. The number of hydrogen-bond donors (Lipinski definition) is 1. The van der Waals surface area contributed by atoms with Crippen molar-refractivity contribution in [3.63, 3.8) is 0 Å². The van der Waals surface area contributed by atoms with E-state index in [1.807, 2.05) is 0 Å². The SMILES string of the molecule is O=CNc1cc(-c2cccc(OC(F)(F)F)c2)n(-c2cccc(F)c2)n1. The summed E-state index contributed by atoms with van der Waals surface area (Å²) in [6.07, 6.45) is -4.42. The molecule has 5 nitrogen and oxygen atoms in total. The van der Waals surface area contributed by atoms with Gasteiger partial charge in [-0.25, -0.2) is 9.07 Å². The maximum Gasteiger partial charge on any atom is 0.573 e. The Bertz CT molecular complexity index is 938. The normalized spacial score (nSPS) is 11.2. The summed E-state index contributed by atoms with van der Waals surface area (Å²) in [7, 11) is 0. The molecule has 0 spiro atoms. The van der Waals surface area contributed by atoms with Crippen LogP contribution in [0.15, 0.2) is 54.6 Å². The number of halogens is 4. The molecule has 0 atom stereocenters. The Hall–Kier alpha value is -3.36. The van der Waals surface area contributed by atoms with Crippen molar-refractivity contribution in [2.75, 3.05) is 5.32 Å². The first-order valence-electron chi connectivity index (χ1n) is 7.28. The molecule has 9 heteroatoms. The molecule has 0 aliphatic carbocycles. The molecule has 0 aliphatic heterocycles. The van der Waals surface area contributed by atoms with Crippen molar-refractivity contribution in [3.8, 4) is 22.7 Å². The molecule has 0 saturated carbocycles. The van der Waals surface area contributed by atoms with E-state index >= 15 is 0 Å². The lowest BCUT2D eigenvalue weighted by Crippen LogP contribution is -2.17. The molecule has 3 rings (SSSR count). The Morgan fingerprint density at radius 1 is 1.08 bits per heavy atom. The van der Waals surface area contributed by atoms with Gasteiger partial charge in [0.25, 0.3) is 0 Å². The summed E-state index contributed by atoms with van der Waals surface area (Å²) >= 11 is 0. The minimum Gasteiger partial charge on any atom is -0.406 e. The number of nitrogens with one attached hydrogen (secondary N) is 1. The van der Waals surface area contributed by atoms with Gasteiger partial charge in [-0.05, 0) is 30.3 Å². The third-order valence-electron chi connectivity index (χ3n) is 3.33. The summed E-state index contributed by atoms with van der Waals surface area (Å²) < 4.78 is 56.1. The van der Waals surface area contributed by atoms with Gasteiger partial charge in [0.05, 0.1) is 11.4 Å². The number of alkyl halides is 3. The fraction of sp³-hybridized carbons (Fsp3) is 0.0588. The zero-order valence-corrected chi connectivity index (χ0v) is 13.0. The Kier molecular flexibility index (Phi) is 4.61. The highest BCUT2D eigenvalue weighted by atomic mass is 19.4. The predicted molar refractivity (Wildman–Crippen MR) is 85.3 cm³/mol. The Morgan fingerprint density at radius 3 is 2.54 bits per heavy atom. The molecular weight excluding hydrogens is 354 g/mol. The molecule has 1 aromatic heterocycles. The molecule has 2 aromatic carbocycles. The van der Waals surface area contributed by atoms with Gasteiger partial charge in [0.2, 0.25) is 6.41 Å². The molecule has 1 heterocycles. The van der Waals surface area contributed by atoms with Crippen molar-refractivity contribution in [1.82, 2.24) is 9.78 Å². The molecule has 0 saturated heterocycles. The minimum atomic E-state index is -4.83. The first-order valence-corrected chi connectivity index (χ1v) is 7.28. The summed E-state index contributed by atoms with van der Waals surface area (Å²) in [6.45, 7) is 0. The molecule has 0 unspecified atom stereocenters. The highest BCUT2D eigenvalue weighted by Crippen LogP contribution is 2.30. The molecule has 0 aliphatic rings. The van der Waals surface area contributed by atoms with Gasteiger partial charge in [-0.15, -0.1) is 18.3 Å². The van der Waals surface area contributed by atoms with Crippen molar-refractivity contribution in [2.45, 2.75) is 6.36 Å². The third kappa shape index (κ3) is 4.00. The smallest absolute Gasteiger partial charge is 0.406 e. The number of aromatic nitrogens is 2. The van der Waals surface area contributed by atoms with Crippen molar-refractivity contribution < 1.29 is 27.1 Å². The van der Waals surface area contributed by atoms with Crippen LogP contribution in [0, 0.1) is 5.82 Å². The van der Waals surface area contributed by atoms with Gasteiger partial charge in [0, 0.05) is 11.6 Å². The van der Waals surface area contributed by atoms with Gasteiger partial charge in [-0.3, -0.25) is 4.79 Å². The van der Waals surface area contributed by atoms with Gasteiger partial charge in [-0.2, -0.15) is 0 Å². The van der Waals surface area contributed by atoms with Gasteiger partial charge in [-0.1, -0.05) is 18.2 Å². The summed E-state index contributed by atoms with van der Waals surface area (Å²) in [5.41, 5.74) is 1.01. The summed E-state index contributed by atoms with van der Waals surface area (Å²) in [4.78, 5) is 10.7. The number of nitrogens with zero attached hydrogens (tertiary/aromatic N) is 2. The van der Waals surface area contributed by atoms with E-state index in [9.17, 15) is 22.4 Å². The predicted octanol–water partition coefficient (Wildman–Crippen LogP) is 4.15. The van der Waals surface area contributed by atoms with E-state index in [0.717, 1.165) is 6.07 Å². The second-order valence-corrected chi connectivity index (χ2v) is 5.14. The zero-order chi connectivity index (χ0) is 18.7. The maximum absolute atomic E-state index is 13.5. The fourth-order valence-corrected chi connectivity index (χ4v) is 2.37. The van der Waals surface area contributed by atoms with Crippen molar-refractivity contribution in [3.05, 3.63) is 60.4 Å². The van der Waals surface area contributed by atoms with Crippen LogP contribution in [0.1, 0.15) is 0 Å². The van der Waals surface area contributed by atoms with E-state index in [1.54, 1.807) is 12.1 Å². The van der Waals surface area contributed by atoms with E-state index in [0.29, 0.717) is 23.4 Å². The van der Waals surface area contributed by atoms with Crippen LogP contribution in [-0.2, 0) is 4.79 Å². The number of carbonyl (C=O) groups excluding carboxylic acids is 1. The Balaban J connectivity index is 2.09. The number of ether oxygens (including phenoxy) is 1. The van der Waals surface area contributed by atoms with Gasteiger partial charge >= 0.3 is 6.36 Å². The molecule has 134 valence electrons. The van der Waals surface area contributed by atoms with Crippen LogP contribution in [0.5, 0.6) is 5.75 Å². The van der Waals surface area contributed by atoms with Crippen LogP contribution < -0.4 is 10.1 Å². The fourth-order valence-electron chi connectivity index (χ4n) is 2.37. The van der Waals surface area contributed by atoms with Crippen molar-refractivity contribution in [2.24, 2.45) is 0 Å². The summed E-state index contributed by atoms with van der Waals surface area (Å²) in [6, 6.07) is 12.2. The second kappa shape index (κ2) is 6.87. The molecule has 0 fully saturated rings. The van der Waals surface area contributed by atoms with Crippen LogP contribution in [0.3, 0.4) is 0 Å². The molecule has 3 aromatic rings. The third-order valence-corrected chi connectivity index (χ3v) is 3.33. The Morgan fingerprint density at radius 2 is 1.85 bits per heavy atom. The Labute approximate surface area is 144 Å². The lowest BCUT2D eigenvalue weighted by atomic mass is 10.1. The monoisotopic (exact) mass is 365 g/mol. The average Bonchev–Trinajstić information content (AvgIpc) is 2.98. The highest BCUT2D eigenvalue weighted by Gasteiger charge is 2.31. The number of hydrogen-bond acceptors (Lipinski definition) is 3. The number of carbonyl (C=O) groups is 1. The molecule has 1 amide bonds. The van der Waals surface area contributed by atoms with Crippen molar-refractivity contribution >= 4 is 12.2 Å². The van der Waals surface area contributed by atoms with Crippen LogP contribution in [0.4, 0.5) is 23.4 Å². The maximum atomic E-state index is 13.5. The lowest BCUT2D eigenvalue weighted by Gasteiger charge is -2.11. The number of anilines is 1. The van der Waals surface area contributed by atoms with E-state index in [-0.39, 0.29) is 5.82 Å². The minimum absolute atomic E-state index is 0.154. The van der Waals surface area contributed by atoms with Crippen molar-refractivity contribution in [1.29, 1.82) is 0 Å². The van der Waals surface area contributed by atoms with E-state index in [1.165, 1.54) is 41.1 Å². The van der Waals surface area contributed by atoms with Gasteiger partial charge < -0.3 is 10.1 Å². The number of rotatable bonds is 5. The first kappa shape index (κ1) is 17.5. The van der Waals surface area contributed by atoms with Gasteiger partial charge in [0.1, 0.15) is 11.6 Å². The number of benzene rings is 2. The number of amides is 1. The lowest BCUT2D eigenvalue weighted by molar-refractivity contribution is -0.274. The quantitative estimate of drug-likeness (QED) is 0.546. The zero-order valence-electron chi connectivity index (χ0n) is 13.0. The largest absolute Gasteiger partial charge is 0.573 e. The molecule has 26 heavy (non-hydrogen) atoms. The molecule has 0 radical (unpaired) electrons. The van der Waals surface area contributed by atoms with E-state index in [2.05, 4.69) is 15.2 Å². The summed E-state index contributed by atoms with van der Waals surface area (Å²) in [5.74, 6) is -0.767. The standard InChI is InChI=1S/C17H11F4N3O2/c18-12-4-2-5-13(8-12)24-15(9-16(23-24)22-10-25)11-3-1-6-14(7-11)26-17(19,20)21/h1-10H,(H,22,23,25). The van der Waals surface area contributed by atoms with Crippen LogP contribution in [-0.4, -0.2) is 22.6 Å². The average molecular weight is 365 g/mol. The van der Waals surface area contributed by atoms with E-state index < -0.39 is 17.9 Å². The van der Waals surface area contributed by atoms with E-state index in [4.69, 9.17) is 0 Å². The van der Waals surface area contributed by atoms with Crippen LogP contribution in [0.2, 0.25) is 0 Å². The molecule has 1 N–H and O–H groups in total. The van der Waals surface area contributed by atoms with Crippen LogP contribution >= 0.6 is 0 Å². The topological polar surface area (TPSA) is 56.1 Å². The highest BCUT2D eigenvalue weighted by molar-refractivity contribution is 5.74. The summed E-state index contributed by atoms with van der Waals surface area (Å²) in [5, 5.41) is 6.49. The van der Waals surface area contributed by atoms with Crippen LogP contribution in [0.25, 0.3) is 16.9 Å².